The van der Waals surface area contributed by atoms with Crippen LogP contribution in [-0.4, -0.2) is 92.1 Å². The van der Waals surface area contributed by atoms with Crippen LogP contribution >= 0.6 is 0 Å². The Hall–Kier alpha value is -6.18. The van der Waals surface area contributed by atoms with E-state index in [4.69, 9.17) is 19.4 Å². The van der Waals surface area contributed by atoms with Crippen molar-refractivity contribution in [1.29, 1.82) is 0 Å². The topological polar surface area (TPSA) is 175 Å². The number of rotatable bonds is 11. The highest BCUT2D eigenvalue weighted by Crippen LogP contribution is 2.53. The summed E-state index contributed by atoms with van der Waals surface area (Å²) < 4.78 is 9.55. The van der Waals surface area contributed by atoms with E-state index in [1.54, 1.807) is 13.1 Å². The standard InChI is InChI=1S/C43H48N8O6/c1-22(2)36(48-42(54)56-5)40(52)50-32-16-15-28(32)17-34(50)38-44-20-30(46-38)26-11-7-24(8-12-26)25-9-13-27(14-10-25)31-21-45-39(47-31)35-19-29-18-33(29)51(35)41(53)37(23(3)4)49-43(55)57-6/h7-16,20-22,28-29,32-37H,3,17-19H2,1-2,4-6H3,(H,44,46)(H,45,47)(H,48,54)(H,49,55)/t28-,29-,32-,33-,34?,35?,36+,37+/m1/s1. The Morgan fingerprint density at radius 2 is 1.26 bits per heavy atom. The molecule has 0 radical (unpaired) electrons. The fourth-order valence-corrected chi connectivity index (χ4v) is 8.60. The number of aromatic nitrogens is 4. The van der Waals surface area contributed by atoms with E-state index in [2.05, 4.69) is 81.8 Å². The number of fused-ring (bicyclic) bond motifs is 2. The van der Waals surface area contributed by atoms with Crippen molar-refractivity contribution in [2.45, 2.75) is 76.3 Å². The van der Waals surface area contributed by atoms with Gasteiger partial charge in [0.15, 0.2) is 0 Å². The van der Waals surface area contributed by atoms with E-state index in [-0.39, 0.29) is 47.8 Å². The number of nitrogens with one attached hydrogen (secondary N) is 4. The van der Waals surface area contributed by atoms with E-state index in [0.717, 1.165) is 58.7 Å². The van der Waals surface area contributed by atoms with Crippen molar-refractivity contribution < 1.29 is 28.7 Å². The number of carbonyl (C=O) groups is 4. The summed E-state index contributed by atoms with van der Waals surface area (Å²) in [5.41, 5.74) is 6.28. The van der Waals surface area contributed by atoms with E-state index in [1.807, 2.05) is 35.9 Å². The van der Waals surface area contributed by atoms with E-state index >= 15 is 0 Å². The number of hydrogen-bond acceptors (Lipinski definition) is 8. The summed E-state index contributed by atoms with van der Waals surface area (Å²) in [6, 6.07) is 14.5. The van der Waals surface area contributed by atoms with Crippen molar-refractivity contribution in [2.75, 3.05) is 14.2 Å². The Labute approximate surface area is 331 Å². The van der Waals surface area contributed by atoms with Crippen molar-refractivity contribution in [1.82, 2.24) is 40.4 Å². The van der Waals surface area contributed by atoms with Crippen LogP contribution in [0.1, 0.15) is 63.8 Å². The number of piperidine rings is 1. The van der Waals surface area contributed by atoms with Gasteiger partial charge in [-0.15, -0.1) is 0 Å². The highest BCUT2D eigenvalue weighted by Gasteiger charge is 2.56. The molecule has 4 heterocycles. The molecule has 2 aliphatic heterocycles. The summed E-state index contributed by atoms with van der Waals surface area (Å²) in [6.07, 6.45) is 8.99. The fraction of sp³-hybridized carbons (Fsp3) is 0.395. The first-order valence-corrected chi connectivity index (χ1v) is 19.4. The van der Waals surface area contributed by atoms with Crippen LogP contribution in [0.15, 0.2) is 85.2 Å². The van der Waals surface area contributed by atoms with Crippen LogP contribution < -0.4 is 10.6 Å². The maximum Gasteiger partial charge on any atom is 0.407 e. The minimum atomic E-state index is -0.873. The summed E-state index contributed by atoms with van der Waals surface area (Å²) >= 11 is 0. The zero-order chi connectivity index (χ0) is 40.1. The molecule has 2 aromatic carbocycles. The molecular formula is C43H48N8O6. The molecule has 0 bridgehead atoms. The Balaban J connectivity index is 0.940. The second-order valence-electron chi connectivity index (χ2n) is 15.9. The van der Waals surface area contributed by atoms with Gasteiger partial charge in [0.1, 0.15) is 23.7 Å². The van der Waals surface area contributed by atoms with Crippen LogP contribution in [-0.2, 0) is 19.1 Å². The zero-order valence-electron chi connectivity index (χ0n) is 32.7. The number of likely N-dealkylation sites (tertiary alicyclic amines) is 2. The average molecular weight is 773 g/mol. The van der Waals surface area contributed by atoms with Gasteiger partial charge < -0.3 is 39.9 Å². The summed E-state index contributed by atoms with van der Waals surface area (Å²) in [5, 5.41) is 5.36. The number of hydrogen-bond donors (Lipinski definition) is 4. The molecule has 2 unspecified atom stereocenters. The van der Waals surface area contributed by atoms with Crippen LogP contribution in [0.4, 0.5) is 9.59 Å². The van der Waals surface area contributed by atoms with Crippen molar-refractivity contribution >= 4 is 24.0 Å². The number of amides is 4. The lowest BCUT2D eigenvalue weighted by atomic mass is 9.89. The number of imidazole rings is 2. The lowest BCUT2D eigenvalue weighted by Crippen LogP contribution is -2.53. The normalized spacial score (nSPS) is 23.9. The molecule has 14 heteroatoms. The molecule has 2 aromatic heterocycles. The van der Waals surface area contributed by atoms with Gasteiger partial charge in [-0.1, -0.05) is 81.1 Å². The molecule has 3 fully saturated rings. The van der Waals surface area contributed by atoms with Gasteiger partial charge in [-0.25, -0.2) is 19.6 Å². The van der Waals surface area contributed by atoms with E-state index in [0.29, 0.717) is 17.3 Å². The molecule has 4 amide bonds. The molecule has 1 saturated carbocycles. The summed E-state index contributed by atoms with van der Waals surface area (Å²) in [5.74, 6) is 1.62. The summed E-state index contributed by atoms with van der Waals surface area (Å²) in [7, 11) is 2.56. The smallest absolute Gasteiger partial charge is 0.407 e. The minimum Gasteiger partial charge on any atom is -0.453 e. The molecule has 4 aliphatic rings. The number of benzene rings is 2. The number of alkyl carbamates (subject to hydrolysis) is 2. The first kappa shape index (κ1) is 37.7. The van der Waals surface area contributed by atoms with Gasteiger partial charge in [-0.2, -0.15) is 0 Å². The van der Waals surface area contributed by atoms with E-state index in [9.17, 15) is 19.2 Å². The molecular weight excluding hydrogens is 725 g/mol. The molecule has 2 aliphatic carbocycles. The maximum absolute atomic E-state index is 13.9. The Kier molecular flexibility index (Phi) is 9.96. The van der Waals surface area contributed by atoms with Crippen molar-refractivity contribution in [3.8, 4) is 33.6 Å². The van der Waals surface area contributed by atoms with Crippen LogP contribution in [0.3, 0.4) is 0 Å². The lowest BCUT2D eigenvalue weighted by molar-refractivity contribution is -0.137. The Bertz CT molecular complexity index is 2230. The lowest BCUT2D eigenvalue weighted by Gasteiger charge is -2.35. The maximum atomic E-state index is 13.9. The first-order valence-electron chi connectivity index (χ1n) is 19.4. The van der Waals surface area contributed by atoms with Gasteiger partial charge in [-0.05, 0) is 65.8 Å². The molecule has 14 nitrogen and oxygen atoms in total. The van der Waals surface area contributed by atoms with Gasteiger partial charge in [-0.3, -0.25) is 9.59 Å². The largest absolute Gasteiger partial charge is 0.453 e. The van der Waals surface area contributed by atoms with Crippen molar-refractivity contribution in [3.63, 3.8) is 0 Å². The molecule has 57 heavy (non-hydrogen) atoms. The van der Waals surface area contributed by atoms with E-state index in [1.165, 1.54) is 14.2 Å². The number of ether oxygens (including phenoxy) is 2. The predicted molar refractivity (Wildman–Crippen MR) is 212 cm³/mol. The average Bonchev–Trinajstić information content (AvgIpc) is 3.61. The van der Waals surface area contributed by atoms with Crippen LogP contribution in [0.25, 0.3) is 33.6 Å². The second-order valence-corrected chi connectivity index (χ2v) is 15.9. The number of H-pyrrole nitrogens is 2. The minimum absolute atomic E-state index is 0.0328. The molecule has 4 aromatic rings. The van der Waals surface area contributed by atoms with Gasteiger partial charge in [0.05, 0.1) is 56.1 Å². The first-order chi connectivity index (χ1) is 27.4. The third kappa shape index (κ3) is 7.08. The number of carbonyl (C=O) groups excluding carboxylic acids is 4. The number of nitrogens with zero attached hydrogens (tertiary/aromatic N) is 4. The molecule has 0 spiro atoms. The third-order valence-corrected chi connectivity index (χ3v) is 11.9. The van der Waals surface area contributed by atoms with E-state index < -0.39 is 24.3 Å². The van der Waals surface area contributed by atoms with Gasteiger partial charge in [0.25, 0.3) is 0 Å². The summed E-state index contributed by atoms with van der Waals surface area (Å²) in [6.45, 7) is 9.47. The molecule has 8 atom stereocenters. The second kappa shape index (κ2) is 15.1. The highest BCUT2D eigenvalue weighted by atomic mass is 16.5. The monoisotopic (exact) mass is 772 g/mol. The molecule has 296 valence electrons. The fourth-order valence-electron chi connectivity index (χ4n) is 8.60. The third-order valence-electron chi connectivity index (χ3n) is 11.9. The predicted octanol–water partition coefficient (Wildman–Crippen LogP) is 6.31. The highest BCUT2D eigenvalue weighted by molar-refractivity contribution is 5.90. The van der Waals surface area contributed by atoms with Gasteiger partial charge in [0, 0.05) is 12.0 Å². The van der Waals surface area contributed by atoms with Crippen LogP contribution in [0.5, 0.6) is 0 Å². The van der Waals surface area contributed by atoms with Crippen molar-refractivity contribution in [3.05, 3.63) is 96.9 Å². The quantitative estimate of drug-likeness (QED) is 0.129. The Morgan fingerprint density at radius 3 is 1.75 bits per heavy atom. The molecule has 8 rings (SSSR count). The van der Waals surface area contributed by atoms with Crippen LogP contribution in [0.2, 0.25) is 0 Å². The SMILES string of the molecule is C=C(C)[C@H](NC(=O)OC)C(=O)N1C(c2ncc(-c3ccc(-c4ccc(-c5cnc(C6C[C@H]7C=C[C@H]7N6C(=O)[C@@H](NC(=O)OC)C(C)C)[nH]5)cc4)cc3)[nH]2)C[C@H]2C[C@H]21. The van der Waals surface area contributed by atoms with Gasteiger partial charge in [0.2, 0.25) is 11.8 Å². The summed E-state index contributed by atoms with van der Waals surface area (Å²) in [4.78, 5) is 71.8. The number of methoxy groups -OCH3 is 2. The van der Waals surface area contributed by atoms with Gasteiger partial charge >= 0.3 is 12.2 Å². The van der Waals surface area contributed by atoms with Crippen molar-refractivity contribution in [2.24, 2.45) is 17.8 Å². The molecule has 2 saturated heterocycles. The Morgan fingerprint density at radius 1 is 0.737 bits per heavy atom. The zero-order valence-corrected chi connectivity index (χ0v) is 32.7. The van der Waals surface area contributed by atoms with Crippen LogP contribution in [0, 0.1) is 17.8 Å². The number of aromatic amines is 2. The molecule has 4 N–H and O–H groups in total.